The van der Waals surface area contributed by atoms with Crippen LogP contribution in [0.2, 0.25) is 0 Å². The number of nitrogens with one attached hydrogen (secondary N) is 1. The molecule has 82 valence electrons. The number of nitrogens with two attached hydrogens (primary N) is 1. The Labute approximate surface area is 90.1 Å². The molecule has 6 heteroatoms. The van der Waals surface area contributed by atoms with Crippen LogP contribution in [0.1, 0.15) is 0 Å². The van der Waals surface area contributed by atoms with Gasteiger partial charge in [0.25, 0.3) is 0 Å². The summed E-state index contributed by atoms with van der Waals surface area (Å²) in [6, 6.07) is 3.46. The van der Waals surface area contributed by atoms with Crippen molar-refractivity contribution in [3.05, 3.63) is 42.2 Å². The molecule has 0 atom stereocenters. The first-order chi connectivity index (χ1) is 7.65. The van der Waals surface area contributed by atoms with Crippen LogP contribution in [0.4, 0.5) is 26.1 Å². The fourth-order valence-corrected chi connectivity index (χ4v) is 1.12. The van der Waals surface area contributed by atoms with E-state index in [-0.39, 0.29) is 5.82 Å². The van der Waals surface area contributed by atoms with Crippen molar-refractivity contribution in [1.29, 1.82) is 0 Å². The first-order valence-electron chi connectivity index (χ1n) is 4.45. The Morgan fingerprint density at radius 3 is 2.50 bits per heavy atom. The molecular weight excluding hydrogens is 214 g/mol. The Morgan fingerprint density at radius 1 is 1.06 bits per heavy atom. The summed E-state index contributed by atoms with van der Waals surface area (Å²) in [5.74, 6) is -1.13. The lowest BCUT2D eigenvalue weighted by Crippen LogP contribution is -1.97. The van der Waals surface area contributed by atoms with E-state index < -0.39 is 11.6 Å². The fraction of sp³-hybridized carbons (Fsp3) is 0. The molecule has 16 heavy (non-hydrogen) atoms. The lowest BCUT2D eigenvalue weighted by atomic mass is 10.3. The molecule has 0 bridgehead atoms. The number of rotatable bonds is 2. The summed E-state index contributed by atoms with van der Waals surface area (Å²) in [5.41, 5.74) is 5.74. The van der Waals surface area contributed by atoms with Gasteiger partial charge in [-0.1, -0.05) is 0 Å². The smallest absolute Gasteiger partial charge is 0.160 e. The summed E-state index contributed by atoms with van der Waals surface area (Å²) in [6.45, 7) is 0. The van der Waals surface area contributed by atoms with Crippen molar-refractivity contribution in [1.82, 2.24) is 9.97 Å². The monoisotopic (exact) mass is 222 g/mol. The van der Waals surface area contributed by atoms with Crippen LogP contribution in [-0.2, 0) is 0 Å². The van der Waals surface area contributed by atoms with Gasteiger partial charge >= 0.3 is 0 Å². The molecule has 2 aromatic rings. The fourth-order valence-electron chi connectivity index (χ4n) is 1.12. The normalized spacial score (nSPS) is 10.1. The van der Waals surface area contributed by atoms with Crippen molar-refractivity contribution >= 4 is 17.3 Å². The van der Waals surface area contributed by atoms with Gasteiger partial charge in [0.1, 0.15) is 11.6 Å². The van der Waals surface area contributed by atoms with Gasteiger partial charge in [-0.3, -0.25) is 0 Å². The number of aromatic nitrogens is 2. The van der Waals surface area contributed by atoms with Gasteiger partial charge in [-0.05, 0) is 12.1 Å². The molecule has 3 N–H and O–H groups in total. The van der Waals surface area contributed by atoms with Crippen molar-refractivity contribution < 1.29 is 8.78 Å². The molecule has 0 unspecified atom stereocenters. The second-order valence-corrected chi connectivity index (χ2v) is 3.08. The SMILES string of the molecule is Nc1cnc(Nc2ccc(F)c(F)c2)cn1. The molecule has 0 saturated heterocycles. The van der Waals surface area contributed by atoms with E-state index in [2.05, 4.69) is 15.3 Å². The van der Waals surface area contributed by atoms with Crippen LogP contribution < -0.4 is 11.1 Å². The molecule has 0 aliphatic rings. The van der Waals surface area contributed by atoms with E-state index in [1.165, 1.54) is 18.5 Å². The number of anilines is 3. The van der Waals surface area contributed by atoms with Gasteiger partial charge in [-0.2, -0.15) is 0 Å². The molecule has 0 spiro atoms. The van der Waals surface area contributed by atoms with Crippen LogP contribution in [0.25, 0.3) is 0 Å². The van der Waals surface area contributed by atoms with E-state index in [4.69, 9.17) is 5.73 Å². The zero-order valence-electron chi connectivity index (χ0n) is 8.11. The van der Waals surface area contributed by atoms with Crippen LogP contribution in [-0.4, -0.2) is 9.97 Å². The van der Waals surface area contributed by atoms with Crippen LogP contribution in [0, 0.1) is 11.6 Å². The molecule has 2 rings (SSSR count). The van der Waals surface area contributed by atoms with E-state index in [9.17, 15) is 8.78 Å². The van der Waals surface area contributed by atoms with E-state index >= 15 is 0 Å². The van der Waals surface area contributed by atoms with Crippen LogP contribution >= 0.6 is 0 Å². The van der Waals surface area contributed by atoms with E-state index in [1.54, 1.807) is 0 Å². The van der Waals surface area contributed by atoms with Crippen molar-refractivity contribution in [2.24, 2.45) is 0 Å². The Morgan fingerprint density at radius 2 is 1.88 bits per heavy atom. The molecule has 0 amide bonds. The number of hydrogen-bond donors (Lipinski definition) is 2. The Hall–Kier alpha value is -2.24. The summed E-state index contributed by atoms with van der Waals surface area (Å²) in [5, 5.41) is 2.76. The second kappa shape index (κ2) is 4.09. The van der Waals surface area contributed by atoms with Crippen LogP contribution in [0.3, 0.4) is 0 Å². The number of hydrogen-bond acceptors (Lipinski definition) is 4. The second-order valence-electron chi connectivity index (χ2n) is 3.08. The highest BCUT2D eigenvalue weighted by atomic mass is 19.2. The van der Waals surface area contributed by atoms with E-state index in [1.807, 2.05) is 0 Å². The van der Waals surface area contributed by atoms with Gasteiger partial charge < -0.3 is 11.1 Å². The maximum Gasteiger partial charge on any atom is 0.160 e. The molecule has 1 aromatic carbocycles. The predicted octanol–water partition coefficient (Wildman–Crippen LogP) is 2.08. The molecule has 0 radical (unpaired) electrons. The van der Waals surface area contributed by atoms with Crippen molar-refractivity contribution in [3.8, 4) is 0 Å². The number of nitrogen functional groups attached to an aromatic ring is 1. The quantitative estimate of drug-likeness (QED) is 0.816. The van der Waals surface area contributed by atoms with Crippen LogP contribution in [0.5, 0.6) is 0 Å². The summed E-state index contributed by atoms with van der Waals surface area (Å²) in [6.07, 6.45) is 2.76. The van der Waals surface area contributed by atoms with Gasteiger partial charge in [0.05, 0.1) is 12.4 Å². The molecule has 1 heterocycles. The van der Waals surface area contributed by atoms with Gasteiger partial charge in [0.15, 0.2) is 11.6 Å². The van der Waals surface area contributed by atoms with Gasteiger partial charge in [0, 0.05) is 11.8 Å². The van der Waals surface area contributed by atoms with Crippen molar-refractivity contribution in [2.75, 3.05) is 11.1 Å². The lowest BCUT2D eigenvalue weighted by molar-refractivity contribution is 0.509. The van der Waals surface area contributed by atoms with Crippen molar-refractivity contribution in [2.45, 2.75) is 0 Å². The van der Waals surface area contributed by atoms with E-state index in [0.29, 0.717) is 11.5 Å². The maximum atomic E-state index is 12.9. The van der Waals surface area contributed by atoms with Gasteiger partial charge in [0.2, 0.25) is 0 Å². The third kappa shape index (κ3) is 2.22. The van der Waals surface area contributed by atoms with E-state index in [0.717, 1.165) is 12.1 Å². The maximum absolute atomic E-state index is 12.9. The van der Waals surface area contributed by atoms with Crippen molar-refractivity contribution in [3.63, 3.8) is 0 Å². The Bertz CT molecular complexity index is 499. The molecule has 4 nitrogen and oxygen atoms in total. The zero-order chi connectivity index (χ0) is 11.5. The minimum Gasteiger partial charge on any atom is -0.382 e. The number of nitrogens with zero attached hydrogens (tertiary/aromatic N) is 2. The minimum absolute atomic E-state index is 0.288. The zero-order valence-corrected chi connectivity index (χ0v) is 8.11. The third-order valence-electron chi connectivity index (χ3n) is 1.86. The Kier molecular flexibility index (Phi) is 2.63. The van der Waals surface area contributed by atoms with Gasteiger partial charge in [-0.25, -0.2) is 18.7 Å². The lowest BCUT2D eigenvalue weighted by Gasteiger charge is -2.05. The Balaban J connectivity index is 2.20. The predicted molar refractivity (Wildman–Crippen MR) is 56.1 cm³/mol. The molecule has 0 aliphatic carbocycles. The minimum atomic E-state index is -0.923. The van der Waals surface area contributed by atoms with Crippen LogP contribution in [0.15, 0.2) is 30.6 Å². The highest BCUT2D eigenvalue weighted by molar-refractivity contribution is 5.55. The molecule has 0 fully saturated rings. The topological polar surface area (TPSA) is 63.8 Å². The molecular formula is C10H8F2N4. The highest BCUT2D eigenvalue weighted by Crippen LogP contribution is 2.16. The first kappa shape index (κ1) is 10.3. The summed E-state index contributed by atoms with van der Waals surface area (Å²) >= 11 is 0. The average molecular weight is 222 g/mol. The highest BCUT2D eigenvalue weighted by Gasteiger charge is 2.03. The number of halogens is 2. The molecule has 0 saturated carbocycles. The number of benzene rings is 1. The average Bonchev–Trinajstić information content (AvgIpc) is 2.27. The molecule has 0 aliphatic heterocycles. The third-order valence-corrected chi connectivity index (χ3v) is 1.86. The standard InChI is InChI=1S/C10H8F2N4/c11-7-2-1-6(3-8(7)12)16-10-5-14-9(13)4-15-10/h1-5H,(H2,13,14)(H,15,16). The first-order valence-corrected chi connectivity index (χ1v) is 4.45. The summed E-state index contributed by atoms with van der Waals surface area (Å²) < 4.78 is 25.5. The molecule has 1 aromatic heterocycles. The summed E-state index contributed by atoms with van der Waals surface area (Å²) in [4.78, 5) is 7.71. The van der Waals surface area contributed by atoms with Gasteiger partial charge in [-0.15, -0.1) is 0 Å². The largest absolute Gasteiger partial charge is 0.382 e. The summed E-state index contributed by atoms with van der Waals surface area (Å²) in [7, 11) is 0.